The van der Waals surface area contributed by atoms with E-state index in [0.29, 0.717) is 19.3 Å². The molecule has 1 N–H and O–H groups in total. The van der Waals surface area contributed by atoms with Crippen molar-refractivity contribution >= 4 is 0 Å². The van der Waals surface area contributed by atoms with Gasteiger partial charge in [0, 0.05) is 6.04 Å². The summed E-state index contributed by atoms with van der Waals surface area (Å²) < 4.78 is 16.6. The summed E-state index contributed by atoms with van der Waals surface area (Å²) >= 11 is 0. The second kappa shape index (κ2) is 5.96. The molecule has 1 unspecified atom stereocenters. The highest BCUT2D eigenvalue weighted by Crippen LogP contribution is 2.40. The molecule has 0 bridgehead atoms. The van der Waals surface area contributed by atoms with E-state index in [1.165, 1.54) is 5.56 Å². The Morgan fingerprint density at radius 3 is 2.83 bits per heavy atom. The van der Waals surface area contributed by atoms with Crippen molar-refractivity contribution in [2.45, 2.75) is 25.8 Å². The fraction of sp³-hybridized carbons (Fsp3) is 0.571. The first kappa shape index (κ1) is 13.0. The van der Waals surface area contributed by atoms with Crippen molar-refractivity contribution in [3.63, 3.8) is 0 Å². The molecule has 1 aliphatic rings. The Kier molecular flexibility index (Phi) is 4.31. The third-order valence-electron chi connectivity index (χ3n) is 3.25. The second-order valence-corrected chi connectivity index (χ2v) is 4.55. The lowest BCUT2D eigenvalue weighted by Gasteiger charge is -2.21. The topological polar surface area (TPSA) is 39.7 Å². The van der Waals surface area contributed by atoms with Gasteiger partial charge >= 0.3 is 0 Å². The zero-order valence-corrected chi connectivity index (χ0v) is 11.3. The Labute approximate surface area is 108 Å². The van der Waals surface area contributed by atoms with Crippen molar-refractivity contribution in [2.75, 3.05) is 27.4 Å². The highest BCUT2D eigenvalue weighted by atomic mass is 16.6. The number of aryl methyl sites for hydroxylation is 1. The van der Waals surface area contributed by atoms with Gasteiger partial charge in [0.25, 0.3) is 0 Å². The summed E-state index contributed by atoms with van der Waals surface area (Å²) in [6, 6.07) is 4.60. The minimum atomic E-state index is 0.504. The molecule has 1 aromatic rings. The molecule has 0 aromatic heterocycles. The fourth-order valence-corrected chi connectivity index (χ4v) is 2.00. The normalized spacial score (nSPS) is 15.3. The van der Waals surface area contributed by atoms with E-state index < -0.39 is 0 Å². The largest absolute Gasteiger partial charge is 0.493 e. The Hall–Kier alpha value is -1.42. The Morgan fingerprint density at radius 1 is 1.33 bits per heavy atom. The molecule has 0 aliphatic carbocycles. The molecule has 4 heteroatoms. The maximum atomic E-state index is 5.62. The van der Waals surface area contributed by atoms with Gasteiger partial charge in [-0.3, -0.25) is 0 Å². The third-order valence-corrected chi connectivity index (χ3v) is 3.25. The predicted octanol–water partition coefficient (Wildman–Crippen LogP) is 2.01. The fourth-order valence-electron chi connectivity index (χ4n) is 2.00. The van der Waals surface area contributed by atoms with Crippen LogP contribution in [0.15, 0.2) is 12.1 Å². The summed E-state index contributed by atoms with van der Waals surface area (Å²) in [7, 11) is 3.64. The standard InChI is InChI=1S/C14H21NO3/c1-10(15-2)4-5-11-8-12(16-3)14-13(9-11)17-6-7-18-14/h8-10,15H,4-7H2,1-3H3. The smallest absolute Gasteiger partial charge is 0.203 e. The maximum Gasteiger partial charge on any atom is 0.203 e. The maximum absolute atomic E-state index is 5.62. The monoisotopic (exact) mass is 251 g/mol. The number of hydrogen-bond acceptors (Lipinski definition) is 4. The van der Waals surface area contributed by atoms with Gasteiger partial charge < -0.3 is 19.5 Å². The van der Waals surface area contributed by atoms with E-state index in [-0.39, 0.29) is 0 Å². The molecule has 1 aliphatic heterocycles. The molecular weight excluding hydrogens is 230 g/mol. The van der Waals surface area contributed by atoms with Crippen LogP contribution in [0.25, 0.3) is 0 Å². The average molecular weight is 251 g/mol. The second-order valence-electron chi connectivity index (χ2n) is 4.55. The molecular formula is C14H21NO3. The van der Waals surface area contributed by atoms with Crippen molar-refractivity contribution in [1.29, 1.82) is 0 Å². The summed E-state index contributed by atoms with van der Waals surface area (Å²) in [5.74, 6) is 2.29. The molecule has 0 radical (unpaired) electrons. The first-order valence-corrected chi connectivity index (χ1v) is 6.38. The number of nitrogens with one attached hydrogen (secondary N) is 1. The van der Waals surface area contributed by atoms with E-state index >= 15 is 0 Å². The Balaban J connectivity index is 2.16. The summed E-state index contributed by atoms with van der Waals surface area (Å²) in [5, 5.41) is 3.24. The third kappa shape index (κ3) is 2.88. The van der Waals surface area contributed by atoms with Crippen LogP contribution in [0.2, 0.25) is 0 Å². The van der Waals surface area contributed by atoms with Crippen molar-refractivity contribution in [3.05, 3.63) is 17.7 Å². The molecule has 0 saturated heterocycles. The van der Waals surface area contributed by atoms with Crippen LogP contribution in [-0.2, 0) is 6.42 Å². The highest BCUT2D eigenvalue weighted by molar-refractivity contribution is 5.54. The van der Waals surface area contributed by atoms with Crippen molar-refractivity contribution in [2.24, 2.45) is 0 Å². The zero-order valence-electron chi connectivity index (χ0n) is 11.3. The average Bonchev–Trinajstić information content (AvgIpc) is 2.43. The Bertz CT molecular complexity index is 389. The van der Waals surface area contributed by atoms with Crippen molar-refractivity contribution in [1.82, 2.24) is 5.32 Å². The van der Waals surface area contributed by atoms with E-state index in [2.05, 4.69) is 18.3 Å². The van der Waals surface area contributed by atoms with Crippen LogP contribution in [0, 0.1) is 0 Å². The van der Waals surface area contributed by atoms with Crippen molar-refractivity contribution in [3.8, 4) is 17.2 Å². The van der Waals surface area contributed by atoms with Crippen LogP contribution in [0.5, 0.6) is 17.2 Å². The number of benzene rings is 1. The van der Waals surface area contributed by atoms with Gasteiger partial charge in [-0.1, -0.05) is 0 Å². The molecule has 100 valence electrons. The lowest BCUT2D eigenvalue weighted by atomic mass is 10.0. The summed E-state index contributed by atoms with van der Waals surface area (Å²) in [5.41, 5.74) is 1.22. The molecule has 0 fully saturated rings. The lowest BCUT2D eigenvalue weighted by molar-refractivity contribution is 0.165. The van der Waals surface area contributed by atoms with Crippen LogP contribution in [-0.4, -0.2) is 33.4 Å². The first-order chi connectivity index (χ1) is 8.74. The van der Waals surface area contributed by atoms with E-state index in [1.807, 2.05) is 13.1 Å². The minimum absolute atomic E-state index is 0.504. The summed E-state index contributed by atoms with van der Waals surface area (Å²) in [6.45, 7) is 3.36. The van der Waals surface area contributed by atoms with Gasteiger partial charge in [-0.25, -0.2) is 0 Å². The molecule has 1 heterocycles. The van der Waals surface area contributed by atoms with Crippen LogP contribution in [0.1, 0.15) is 18.9 Å². The summed E-state index contributed by atoms with van der Waals surface area (Å²) in [6.07, 6.45) is 2.08. The van der Waals surface area contributed by atoms with Crippen LogP contribution < -0.4 is 19.5 Å². The number of fused-ring (bicyclic) bond motifs is 1. The van der Waals surface area contributed by atoms with Gasteiger partial charge in [0.2, 0.25) is 5.75 Å². The predicted molar refractivity (Wildman–Crippen MR) is 70.8 cm³/mol. The van der Waals surface area contributed by atoms with Crippen LogP contribution >= 0.6 is 0 Å². The Morgan fingerprint density at radius 2 is 2.11 bits per heavy atom. The number of methoxy groups -OCH3 is 1. The molecule has 1 atom stereocenters. The van der Waals surface area contributed by atoms with Gasteiger partial charge in [-0.05, 0) is 44.5 Å². The van der Waals surface area contributed by atoms with Gasteiger partial charge in [0.15, 0.2) is 11.5 Å². The molecule has 2 rings (SSSR count). The van der Waals surface area contributed by atoms with Crippen LogP contribution in [0.4, 0.5) is 0 Å². The van der Waals surface area contributed by atoms with Gasteiger partial charge in [-0.15, -0.1) is 0 Å². The van der Waals surface area contributed by atoms with E-state index in [4.69, 9.17) is 14.2 Å². The number of rotatable bonds is 5. The highest BCUT2D eigenvalue weighted by Gasteiger charge is 2.18. The zero-order chi connectivity index (χ0) is 13.0. The molecule has 4 nitrogen and oxygen atoms in total. The van der Waals surface area contributed by atoms with Gasteiger partial charge in [0.05, 0.1) is 7.11 Å². The minimum Gasteiger partial charge on any atom is -0.493 e. The van der Waals surface area contributed by atoms with E-state index in [0.717, 1.165) is 30.1 Å². The molecule has 0 amide bonds. The van der Waals surface area contributed by atoms with Crippen LogP contribution in [0.3, 0.4) is 0 Å². The molecule has 1 aromatic carbocycles. The first-order valence-electron chi connectivity index (χ1n) is 6.38. The van der Waals surface area contributed by atoms with E-state index in [1.54, 1.807) is 7.11 Å². The number of ether oxygens (including phenoxy) is 3. The SMILES string of the molecule is CNC(C)CCc1cc(OC)c2c(c1)OCCO2. The molecule has 18 heavy (non-hydrogen) atoms. The van der Waals surface area contributed by atoms with E-state index in [9.17, 15) is 0 Å². The number of hydrogen-bond donors (Lipinski definition) is 1. The molecule has 0 saturated carbocycles. The quantitative estimate of drug-likeness (QED) is 0.869. The lowest BCUT2D eigenvalue weighted by Crippen LogP contribution is -2.21. The van der Waals surface area contributed by atoms with Gasteiger partial charge in [-0.2, -0.15) is 0 Å². The molecule has 0 spiro atoms. The summed E-state index contributed by atoms with van der Waals surface area (Å²) in [4.78, 5) is 0. The van der Waals surface area contributed by atoms with Crippen molar-refractivity contribution < 1.29 is 14.2 Å². The van der Waals surface area contributed by atoms with Gasteiger partial charge in [0.1, 0.15) is 13.2 Å².